The van der Waals surface area contributed by atoms with Crippen molar-refractivity contribution in [2.24, 2.45) is 5.92 Å². The molecule has 1 aromatic heterocycles. The van der Waals surface area contributed by atoms with Crippen LogP contribution in [0.4, 0.5) is 10.2 Å². The van der Waals surface area contributed by atoms with Crippen molar-refractivity contribution in [1.82, 2.24) is 10.3 Å². The van der Waals surface area contributed by atoms with Gasteiger partial charge in [-0.2, -0.15) is 0 Å². The van der Waals surface area contributed by atoms with Crippen molar-refractivity contribution in [3.63, 3.8) is 0 Å². The third-order valence-electron chi connectivity index (χ3n) is 3.69. The molecule has 0 unspecified atom stereocenters. The summed E-state index contributed by atoms with van der Waals surface area (Å²) in [6, 6.07) is 1.99. The van der Waals surface area contributed by atoms with Crippen LogP contribution in [0.5, 0.6) is 0 Å². The quantitative estimate of drug-likeness (QED) is 0.907. The lowest BCUT2D eigenvalue weighted by molar-refractivity contribution is 0.435. The summed E-state index contributed by atoms with van der Waals surface area (Å²) in [5.41, 5.74) is 0.961. The summed E-state index contributed by atoms with van der Waals surface area (Å²) in [5.74, 6) is 1.48. The van der Waals surface area contributed by atoms with Gasteiger partial charge in [0.2, 0.25) is 0 Å². The van der Waals surface area contributed by atoms with E-state index in [1.165, 1.54) is 19.0 Å². The van der Waals surface area contributed by atoms with Gasteiger partial charge in [0.05, 0.1) is 6.20 Å². The van der Waals surface area contributed by atoms with E-state index in [0.717, 1.165) is 30.4 Å². The van der Waals surface area contributed by atoms with E-state index in [1.54, 1.807) is 6.07 Å². The highest BCUT2D eigenvalue weighted by Gasteiger charge is 2.19. The molecule has 19 heavy (non-hydrogen) atoms. The van der Waals surface area contributed by atoms with Crippen LogP contribution in [0.2, 0.25) is 0 Å². The minimum atomic E-state index is -0.255. The molecule has 0 radical (unpaired) electrons. The number of nitrogens with zero attached hydrogens (tertiary/aromatic N) is 2. The Balaban J connectivity index is 2.14. The zero-order valence-electron chi connectivity index (χ0n) is 12.1. The summed E-state index contributed by atoms with van der Waals surface area (Å²) in [6.07, 6.45) is 3.71. The van der Waals surface area contributed by atoms with Crippen LogP contribution in [-0.4, -0.2) is 24.1 Å². The molecule has 0 saturated carbocycles. The molecular formula is C15H24FN3. The van der Waals surface area contributed by atoms with Gasteiger partial charge in [-0.25, -0.2) is 9.37 Å². The molecule has 1 aromatic rings. The number of hydrogen-bond acceptors (Lipinski definition) is 3. The number of piperidine rings is 1. The first kappa shape index (κ1) is 14.3. The fourth-order valence-corrected chi connectivity index (χ4v) is 2.42. The molecule has 1 saturated heterocycles. The molecule has 106 valence electrons. The van der Waals surface area contributed by atoms with Crippen molar-refractivity contribution in [1.29, 1.82) is 0 Å². The molecule has 0 aromatic carbocycles. The standard InChI is InChI=1S/C15H24FN3/c1-11(2)17-9-13-8-14(16)10-18-15(13)19-6-4-12(3)5-7-19/h8,10-12,17H,4-7,9H2,1-3H3. The van der Waals surface area contributed by atoms with Gasteiger partial charge >= 0.3 is 0 Å². The SMILES string of the molecule is CC1CCN(c2ncc(F)cc2CNC(C)C)CC1. The first-order valence-electron chi connectivity index (χ1n) is 7.19. The number of aromatic nitrogens is 1. The van der Waals surface area contributed by atoms with Crippen molar-refractivity contribution in [3.8, 4) is 0 Å². The zero-order valence-corrected chi connectivity index (χ0v) is 12.1. The van der Waals surface area contributed by atoms with E-state index in [1.807, 2.05) is 0 Å². The van der Waals surface area contributed by atoms with E-state index in [2.05, 4.69) is 36.0 Å². The largest absolute Gasteiger partial charge is 0.356 e. The summed E-state index contributed by atoms with van der Waals surface area (Å²) in [4.78, 5) is 6.60. The highest BCUT2D eigenvalue weighted by Crippen LogP contribution is 2.24. The van der Waals surface area contributed by atoms with E-state index in [9.17, 15) is 4.39 Å². The number of nitrogens with one attached hydrogen (secondary N) is 1. The van der Waals surface area contributed by atoms with Crippen molar-refractivity contribution in [3.05, 3.63) is 23.6 Å². The summed E-state index contributed by atoms with van der Waals surface area (Å²) in [7, 11) is 0. The lowest BCUT2D eigenvalue weighted by atomic mass is 9.99. The number of halogens is 1. The molecule has 0 atom stereocenters. The molecule has 1 aliphatic heterocycles. The molecule has 1 fully saturated rings. The minimum absolute atomic E-state index is 0.255. The molecule has 1 N–H and O–H groups in total. The van der Waals surface area contributed by atoms with Crippen LogP contribution in [0.15, 0.2) is 12.3 Å². The lowest BCUT2D eigenvalue weighted by Crippen LogP contribution is -2.35. The maximum absolute atomic E-state index is 13.4. The third-order valence-corrected chi connectivity index (χ3v) is 3.69. The Kier molecular flexibility index (Phi) is 4.75. The Morgan fingerprint density at radius 2 is 2.11 bits per heavy atom. The molecule has 0 bridgehead atoms. The van der Waals surface area contributed by atoms with Crippen LogP contribution < -0.4 is 10.2 Å². The molecule has 2 rings (SSSR count). The lowest BCUT2D eigenvalue weighted by Gasteiger charge is -2.32. The van der Waals surface area contributed by atoms with E-state index in [0.29, 0.717) is 12.6 Å². The number of rotatable bonds is 4. The molecule has 0 spiro atoms. The van der Waals surface area contributed by atoms with Gasteiger partial charge in [0.15, 0.2) is 0 Å². The highest BCUT2D eigenvalue weighted by atomic mass is 19.1. The number of hydrogen-bond donors (Lipinski definition) is 1. The van der Waals surface area contributed by atoms with Gasteiger partial charge in [-0.05, 0) is 24.8 Å². The van der Waals surface area contributed by atoms with Gasteiger partial charge in [-0.15, -0.1) is 0 Å². The Morgan fingerprint density at radius 1 is 1.42 bits per heavy atom. The molecule has 1 aliphatic rings. The minimum Gasteiger partial charge on any atom is -0.356 e. The maximum Gasteiger partial charge on any atom is 0.141 e. The molecule has 4 heteroatoms. The van der Waals surface area contributed by atoms with Gasteiger partial charge in [0.1, 0.15) is 11.6 Å². The average molecular weight is 265 g/mol. The number of pyridine rings is 1. The summed E-state index contributed by atoms with van der Waals surface area (Å²) in [5, 5.41) is 3.34. The van der Waals surface area contributed by atoms with Crippen molar-refractivity contribution >= 4 is 5.82 Å². The van der Waals surface area contributed by atoms with Gasteiger partial charge in [-0.3, -0.25) is 0 Å². The Hall–Kier alpha value is -1.16. The normalized spacial score (nSPS) is 17.2. The van der Waals surface area contributed by atoms with E-state index < -0.39 is 0 Å². The molecular weight excluding hydrogens is 241 g/mol. The van der Waals surface area contributed by atoms with Crippen molar-refractivity contribution < 1.29 is 4.39 Å². The van der Waals surface area contributed by atoms with Crippen molar-refractivity contribution in [2.45, 2.75) is 46.2 Å². The van der Waals surface area contributed by atoms with E-state index in [4.69, 9.17) is 0 Å². The second-order valence-corrected chi connectivity index (χ2v) is 5.84. The van der Waals surface area contributed by atoms with Crippen LogP contribution in [0, 0.1) is 11.7 Å². The third kappa shape index (κ3) is 3.90. The molecule has 0 aliphatic carbocycles. The van der Waals surface area contributed by atoms with Gasteiger partial charge < -0.3 is 10.2 Å². The van der Waals surface area contributed by atoms with Crippen LogP contribution in [0.25, 0.3) is 0 Å². The predicted octanol–water partition coefficient (Wildman–Crippen LogP) is 2.96. The number of anilines is 1. The Bertz CT molecular complexity index is 412. The summed E-state index contributed by atoms with van der Waals surface area (Å²) < 4.78 is 13.4. The molecule has 3 nitrogen and oxygen atoms in total. The van der Waals surface area contributed by atoms with Crippen LogP contribution in [-0.2, 0) is 6.54 Å². The smallest absolute Gasteiger partial charge is 0.141 e. The maximum atomic E-state index is 13.4. The van der Waals surface area contributed by atoms with Gasteiger partial charge in [0.25, 0.3) is 0 Å². The fourth-order valence-electron chi connectivity index (χ4n) is 2.42. The van der Waals surface area contributed by atoms with E-state index >= 15 is 0 Å². The second-order valence-electron chi connectivity index (χ2n) is 5.84. The Labute approximate surface area is 115 Å². The zero-order chi connectivity index (χ0) is 13.8. The first-order valence-corrected chi connectivity index (χ1v) is 7.19. The average Bonchev–Trinajstić information content (AvgIpc) is 2.38. The monoisotopic (exact) mass is 265 g/mol. The summed E-state index contributed by atoms with van der Waals surface area (Å²) in [6.45, 7) is 9.19. The topological polar surface area (TPSA) is 28.2 Å². The van der Waals surface area contributed by atoms with Crippen LogP contribution in [0.3, 0.4) is 0 Å². The highest BCUT2D eigenvalue weighted by molar-refractivity contribution is 5.47. The van der Waals surface area contributed by atoms with Crippen molar-refractivity contribution in [2.75, 3.05) is 18.0 Å². The van der Waals surface area contributed by atoms with E-state index in [-0.39, 0.29) is 5.82 Å². The molecule has 0 amide bonds. The second kappa shape index (κ2) is 6.33. The predicted molar refractivity (Wildman–Crippen MR) is 76.8 cm³/mol. The Morgan fingerprint density at radius 3 is 2.74 bits per heavy atom. The first-order chi connectivity index (χ1) is 9.06. The van der Waals surface area contributed by atoms with Gasteiger partial charge in [0, 0.05) is 31.2 Å². The summed E-state index contributed by atoms with van der Waals surface area (Å²) >= 11 is 0. The van der Waals surface area contributed by atoms with Crippen LogP contribution in [0.1, 0.15) is 39.2 Å². The fraction of sp³-hybridized carbons (Fsp3) is 0.667. The van der Waals surface area contributed by atoms with Gasteiger partial charge in [-0.1, -0.05) is 20.8 Å². The molecule has 2 heterocycles. The van der Waals surface area contributed by atoms with Crippen LogP contribution >= 0.6 is 0 Å².